The Morgan fingerprint density at radius 2 is 1.68 bits per heavy atom. The largest absolute Gasteiger partial charge is 0.480 e. The lowest BCUT2D eigenvalue weighted by molar-refractivity contribution is -0.138. The number of aliphatic carboxylic acids is 1. The average Bonchev–Trinajstić information content (AvgIpc) is 2.54. The van der Waals surface area contributed by atoms with Gasteiger partial charge in [-0.15, -0.1) is 12.4 Å². The minimum atomic E-state index is -4.55. The van der Waals surface area contributed by atoms with E-state index >= 15 is 0 Å². The lowest BCUT2D eigenvalue weighted by Crippen LogP contribution is -2.32. The summed E-state index contributed by atoms with van der Waals surface area (Å²) in [7, 11) is -4.55. The topological polar surface area (TPSA) is 121 Å². The summed E-state index contributed by atoms with van der Waals surface area (Å²) in [5.74, 6) is -1.12. The smallest absolute Gasteiger partial charge is 0.340 e. The molecule has 0 spiro atoms. The van der Waals surface area contributed by atoms with Crippen molar-refractivity contribution in [2.24, 2.45) is 5.73 Å². The highest BCUT2D eigenvalue weighted by atomic mass is 35.5. The molecule has 1 unspecified atom stereocenters. The second-order valence-electron chi connectivity index (χ2n) is 5.83. The molecule has 2 aromatic rings. The predicted octanol–water partition coefficient (Wildman–Crippen LogP) is 2.50. The van der Waals surface area contributed by atoms with Crippen molar-refractivity contribution in [3.05, 3.63) is 71.3 Å². The van der Waals surface area contributed by atoms with Crippen LogP contribution in [0.25, 0.3) is 0 Å². The van der Waals surface area contributed by atoms with Crippen LogP contribution in [0.2, 0.25) is 0 Å². The van der Waals surface area contributed by atoms with Crippen LogP contribution in [0.4, 0.5) is 0 Å². The van der Waals surface area contributed by atoms with Crippen molar-refractivity contribution in [2.45, 2.75) is 24.5 Å². The molecule has 5 N–H and O–H groups in total. The van der Waals surface area contributed by atoms with E-state index in [0.29, 0.717) is 16.7 Å². The Morgan fingerprint density at radius 3 is 2.20 bits per heavy atom. The minimum Gasteiger partial charge on any atom is -0.480 e. The molecule has 0 heterocycles. The van der Waals surface area contributed by atoms with E-state index in [2.05, 4.69) is 0 Å². The predicted molar refractivity (Wildman–Crippen MR) is 97.9 cm³/mol. The zero-order valence-corrected chi connectivity index (χ0v) is 15.3. The fraction of sp³-hybridized carbons (Fsp3) is 0.235. The SMILES string of the molecule is CC(c1ccccc1)(c1cccc(C[C@H](N)C(=O)O)c1)P(=O)(O)O.Cl. The third-order valence-electron chi connectivity index (χ3n) is 4.18. The Kier molecular flexibility index (Phi) is 6.94. The van der Waals surface area contributed by atoms with Crippen molar-refractivity contribution in [1.82, 2.24) is 0 Å². The first-order valence-electron chi connectivity index (χ1n) is 7.35. The van der Waals surface area contributed by atoms with E-state index in [0.717, 1.165) is 0 Å². The van der Waals surface area contributed by atoms with Crippen molar-refractivity contribution in [2.75, 3.05) is 0 Å². The summed E-state index contributed by atoms with van der Waals surface area (Å²) >= 11 is 0. The summed E-state index contributed by atoms with van der Waals surface area (Å²) in [6.07, 6.45) is 0.0786. The average molecular weight is 386 g/mol. The van der Waals surface area contributed by atoms with Gasteiger partial charge in [0, 0.05) is 0 Å². The molecule has 0 fully saturated rings. The molecule has 0 bridgehead atoms. The van der Waals surface area contributed by atoms with Crippen LogP contribution in [0.15, 0.2) is 54.6 Å². The van der Waals surface area contributed by atoms with Gasteiger partial charge in [-0.3, -0.25) is 9.36 Å². The monoisotopic (exact) mass is 385 g/mol. The molecule has 2 rings (SSSR count). The van der Waals surface area contributed by atoms with E-state index in [1.807, 2.05) is 0 Å². The number of halogens is 1. The number of carboxylic acid groups (broad SMARTS) is 1. The number of nitrogens with two attached hydrogens (primary N) is 1. The summed E-state index contributed by atoms with van der Waals surface area (Å²) in [6.45, 7) is 1.49. The normalized spacial score (nSPS) is 14.9. The quantitative estimate of drug-likeness (QED) is 0.567. The molecule has 2 aromatic carbocycles. The van der Waals surface area contributed by atoms with Crippen LogP contribution in [0.3, 0.4) is 0 Å². The highest BCUT2D eigenvalue weighted by Crippen LogP contribution is 2.60. The van der Waals surface area contributed by atoms with Crippen LogP contribution >= 0.6 is 20.0 Å². The molecule has 0 saturated carbocycles. The van der Waals surface area contributed by atoms with E-state index in [-0.39, 0.29) is 18.8 Å². The van der Waals surface area contributed by atoms with Gasteiger partial charge in [0.05, 0.1) is 0 Å². The number of carboxylic acids is 1. The van der Waals surface area contributed by atoms with Gasteiger partial charge in [0.2, 0.25) is 0 Å². The molecule has 0 saturated heterocycles. The Balaban J connectivity index is 0.00000312. The third-order valence-corrected chi connectivity index (χ3v) is 5.86. The van der Waals surface area contributed by atoms with E-state index in [9.17, 15) is 19.1 Å². The number of rotatable bonds is 6. The van der Waals surface area contributed by atoms with E-state index in [1.165, 1.54) is 6.92 Å². The molecule has 0 aliphatic rings. The van der Waals surface area contributed by atoms with Crippen LogP contribution < -0.4 is 5.73 Å². The van der Waals surface area contributed by atoms with Gasteiger partial charge in [0.1, 0.15) is 11.2 Å². The number of hydrogen-bond acceptors (Lipinski definition) is 3. The van der Waals surface area contributed by atoms with Crippen LogP contribution in [-0.4, -0.2) is 26.9 Å². The molecular weight excluding hydrogens is 365 g/mol. The fourth-order valence-electron chi connectivity index (χ4n) is 2.61. The first-order valence-corrected chi connectivity index (χ1v) is 8.96. The van der Waals surface area contributed by atoms with Gasteiger partial charge in [-0.25, -0.2) is 0 Å². The summed E-state index contributed by atoms with van der Waals surface area (Å²) in [4.78, 5) is 30.9. The van der Waals surface area contributed by atoms with Crippen molar-refractivity contribution in [3.8, 4) is 0 Å². The van der Waals surface area contributed by atoms with Gasteiger partial charge in [-0.1, -0.05) is 54.6 Å². The van der Waals surface area contributed by atoms with Crippen LogP contribution in [-0.2, 0) is 20.9 Å². The molecule has 25 heavy (non-hydrogen) atoms. The Hall–Kier alpha value is -1.69. The second kappa shape index (κ2) is 8.13. The molecule has 8 heteroatoms. The lowest BCUT2D eigenvalue weighted by Gasteiger charge is -2.32. The molecule has 2 atom stereocenters. The number of carbonyl (C=O) groups is 1. The van der Waals surface area contributed by atoms with Crippen molar-refractivity contribution < 1.29 is 24.3 Å². The Bertz CT molecular complexity index is 780. The van der Waals surface area contributed by atoms with E-state index < -0.39 is 24.8 Å². The zero-order valence-electron chi connectivity index (χ0n) is 13.6. The van der Waals surface area contributed by atoms with E-state index in [1.54, 1.807) is 54.6 Å². The first kappa shape index (κ1) is 21.4. The Labute approximate surface area is 152 Å². The van der Waals surface area contributed by atoms with Crippen LogP contribution in [0, 0.1) is 0 Å². The van der Waals surface area contributed by atoms with Gasteiger partial charge in [0.25, 0.3) is 0 Å². The van der Waals surface area contributed by atoms with Gasteiger partial charge >= 0.3 is 13.6 Å². The lowest BCUT2D eigenvalue weighted by atomic mass is 9.90. The van der Waals surface area contributed by atoms with E-state index in [4.69, 9.17) is 10.8 Å². The second-order valence-corrected chi connectivity index (χ2v) is 7.81. The van der Waals surface area contributed by atoms with Crippen molar-refractivity contribution in [1.29, 1.82) is 0 Å². The van der Waals surface area contributed by atoms with Gasteiger partial charge in [-0.2, -0.15) is 0 Å². The minimum absolute atomic E-state index is 0. The number of benzene rings is 2. The standard InChI is InChI=1S/C17H20NO5P.ClH/c1-17(24(21,22)23,13-7-3-2-4-8-13)14-9-5-6-12(10-14)11-15(18)16(19)20;/h2-10,15H,11,18H2,1H3,(H,19,20)(H2,21,22,23);1H/t15-,17?;/m0./s1. The van der Waals surface area contributed by atoms with Crippen LogP contribution in [0.5, 0.6) is 0 Å². The van der Waals surface area contributed by atoms with Crippen molar-refractivity contribution >= 4 is 26.0 Å². The summed E-state index contributed by atoms with van der Waals surface area (Å²) in [6, 6.07) is 14.0. The van der Waals surface area contributed by atoms with Gasteiger partial charge < -0.3 is 20.6 Å². The third kappa shape index (κ3) is 4.48. The molecule has 0 amide bonds. The van der Waals surface area contributed by atoms with Crippen LogP contribution in [0.1, 0.15) is 23.6 Å². The maximum absolute atomic E-state index is 12.3. The molecular formula is C17H21ClNO5P. The summed E-state index contributed by atoms with van der Waals surface area (Å²) < 4.78 is 12.3. The fourth-order valence-corrected chi connectivity index (χ4v) is 3.57. The highest BCUT2D eigenvalue weighted by molar-refractivity contribution is 7.53. The zero-order chi connectivity index (χ0) is 18.0. The van der Waals surface area contributed by atoms with Gasteiger partial charge in [0.15, 0.2) is 0 Å². The molecule has 6 nitrogen and oxygen atoms in total. The number of hydrogen-bond donors (Lipinski definition) is 4. The summed E-state index contributed by atoms with van der Waals surface area (Å²) in [5, 5.41) is 7.40. The van der Waals surface area contributed by atoms with Crippen molar-refractivity contribution in [3.63, 3.8) is 0 Å². The molecule has 0 aliphatic carbocycles. The molecule has 0 aromatic heterocycles. The maximum Gasteiger partial charge on any atom is 0.340 e. The first-order chi connectivity index (χ1) is 11.2. The highest BCUT2D eigenvalue weighted by Gasteiger charge is 2.45. The summed E-state index contributed by atoms with van der Waals surface area (Å²) in [5.41, 5.74) is 7.06. The molecule has 136 valence electrons. The molecule has 0 aliphatic heterocycles. The Morgan fingerprint density at radius 1 is 1.12 bits per heavy atom. The molecule has 0 radical (unpaired) electrons. The van der Waals surface area contributed by atoms with Gasteiger partial charge in [-0.05, 0) is 30.0 Å². The maximum atomic E-state index is 12.3.